The van der Waals surface area contributed by atoms with Crippen LogP contribution in [0.3, 0.4) is 0 Å². The molecular weight excluding hydrogens is 248 g/mol. The summed E-state index contributed by atoms with van der Waals surface area (Å²) in [6.45, 7) is 0. The third kappa shape index (κ3) is 1.91. The summed E-state index contributed by atoms with van der Waals surface area (Å²) < 4.78 is 5.23. The van der Waals surface area contributed by atoms with Gasteiger partial charge >= 0.3 is 0 Å². The molecule has 102 valence electrons. The summed E-state index contributed by atoms with van der Waals surface area (Å²) in [7, 11) is 1.67. The van der Waals surface area contributed by atoms with E-state index < -0.39 is 0 Å². The van der Waals surface area contributed by atoms with Crippen molar-refractivity contribution in [1.29, 1.82) is 0 Å². The number of carbonyl (C=O) groups excluding carboxylic acids is 1. The fraction of sp³-hybridized carbons (Fsp3) is 0.389. The van der Waals surface area contributed by atoms with Crippen molar-refractivity contribution in [2.24, 2.45) is 17.8 Å². The molecule has 0 heterocycles. The highest BCUT2D eigenvalue weighted by Gasteiger charge is 2.47. The van der Waals surface area contributed by atoms with Crippen LogP contribution in [0.4, 0.5) is 0 Å². The molecule has 2 atom stereocenters. The molecule has 2 saturated carbocycles. The van der Waals surface area contributed by atoms with E-state index in [0.29, 0.717) is 5.78 Å². The molecule has 2 nitrogen and oxygen atoms in total. The van der Waals surface area contributed by atoms with Gasteiger partial charge in [-0.05, 0) is 60.1 Å². The Balaban J connectivity index is 1.64. The van der Waals surface area contributed by atoms with E-state index in [9.17, 15) is 4.79 Å². The summed E-state index contributed by atoms with van der Waals surface area (Å²) >= 11 is 0. The zero-order chi connectivity index (χ0) is 13.7. The molecule has 0 amide bonds. The molecule has 2 fully saturated rings. The number of hydrogen-bond acceptors (Lipinski definition) is 2. The Bertz CT molecular complexity index is 679. The summed E-state index contributed by atoms with van der Waals surface area (Å²) in [6, 6.07) is 12.0. The van der Waals surface area contributed by atoms with E-state index in [1.165, 1.54) is 6.42 Å². The van der Waals surface area contributed by atoms with Crippen LogP contribution in [0.5, 0.6) is 5.75 Å². The van der Waals surface area contributed by atoms with E-state index in [0.717, 1.165) is 46.8 Å². The fourth-order valence-electron chi connectivity index (χ4n) is 3.67. The number of methoxy groups -OCH3 is 1. The monoisotopic (exact) mass is 266 g/mol. The molecule has 2 unspecified atom stereocenters. The average Bonchev–Trinajstić information content (AvgIpc) is 3.11. The normalized spacial score (nSPS) is 27.4. The van der Waals surface area contributed by atoms with Gasteiger partial charge < -0.3 is 4.74 Å². The molecule has 0 radical (unpaired) electrons. The van der Waals surface area contributed by atoms with Gasteiger partial charge in [0.25, 0.3) is 0 Å². The Morgan fingerprint density at radius 3 is 2.45 bits per heavy atom. The molecule has 0 bridgehead atoms. The molecule has 0 aliphatic heterocycles. The Hall–Kier alpha value is -1.83. The van der Waals surface area contributed by atoms with Gasteiger partial charge in [-0.25, -0.2) is 0 Å². The summed E-state index contributed by atoms with van der Waals surface area (Å²) in [6.07, 6.45) is 3.59. The minimum atomic E-state index is 0.273. The lowest BCUT2D eigenvalue weighted by molar-refractivity contribution is 0.0914. The van der Waals surface area contributed by atoms with Gasteiger partial charge in [0, 0.05) is 11.5 Å². The van der Waals surface area contributed by atoms with Crippen LogP contribution in [0.25, 0.3) is 10.8 Å². The van der Waals surface area contributed by atoms with Gasteiger partial charge in [-0.1, -0.05) is 18.2 Å². The van der Waals surface area contributed by atoms with Crippen molar-refractivity contribution in [3.63, 3.8) is 0 Å². The second kappa shape index (κ2) is 4.34. The van der Waals surface area contributed by atoms with Gasteiger partial charge in [-0.2, -0.15) is 0 Å². The first kappa shape index (κ1) is 12.0. The van der Waals surface area contributed by atoms with Crippen molar-refractivity contribution in [2.45, 2.75) is 19.3 Å². The molecule has 4 rings (SSSR count). The highest BCUT2D eigenvalue weighted by atomic mass is 16.5. The lowest BCUT2D eigenvalue weighted by Gasteiger charge is -2.11. The summed E-state index contributed by atoms with van der Waals surface area (Å²) in [5.74, 6) is 3.18. The molecule has 0 saturated heterocycles. The van der Waals surface area contributed by atoms with E-state index in [1.54, 1.807) is 7.11 Å². The zero-order valence-electron chi connectivity index (χ0n) is 11.6. The second-order valence-corrected chi connectivity index (χ2v) is 6.22. The predicted molar refractivity (Wildman–Crippen MR) is 79.2 cm³/mol. The SMILES string of the molecule is COc1ccc2cc(C(=O)C3CC4CC4C3)ccc2c1. The van der Waals surface area contributed by atoms with Gasteiger partial charge in [0.15, 0.2) is 5.78 Å². The van der Waals surface area contributed by atoms with Crippen molar-refractivity contribution in [3.05, 3.63) is 42.0 Å². The first-order chi connectivity index (χ1) is 9.74. The van der Waals surface area contributed by atoms with Gasteiger partial charge in [0.05, 0.1) is 7.11 Å². The van der Waals surface area contributed by atoms with Crippen LogP contribution in [-0.4, -0.2) is 12.9 Å². The van der Waals surface area contributed by atoms with Crippen LogP contribution in [0.2, 0.25) is 0 Å². The van der Waals surface area contributed by atoms with Crippen LogP contribution in [-0.2, 0) is 0 Å². The summed E-state index contributed by atoms with van der Waals surface area (Å²) in [5.41, 5.74) is 0.869. The number of rotatable bonds is 3. The minimum absolute atomic E-state index is 0.273. The minimum Gasteiger partial charge on any atom is -0.497 e. The molecule has 0 N–H and O–H groups in total. The highest BCUT2D eigenvalue weighted by molar-refractivity contribution is 6.01. The number of ether oxygens (including phenoxy) is 1. The van der Waals surface area contributed by atoms with Crippen LogP contribution >= 0.6 is 0 Å². The van der Waals surface area contributed by atoms with E-state index in [4.69, 9.17) is 4.74 Å². The first-order valence-corrected chi connectivity index (χ1v) is 7.36. The maximum atomic E-state index is 12.6. The van der Waals surface area contributed by atoms with Crippen molar-refractivity contribution >= 4 is 16.6 Å². The molecular formula is C18H18O2. The number of Topliss-reactive ketones (excluding diaryl/α,β-unsaturated/α-hetero) is 1. The van der Waals surface area contributed by atoms with E-state index >= 15 is 0 Å². The largest absolute Gasteiger partial charge is 0.497 e. The van der Waals surface area contributed by atoms with Crippen LogP contribution in [0.15, 0.2) is 36.4 Å². The molecule has 2 aliphatic rings. The number of ketones is 1. The smallest absolute Gasteiger partial charge is 0.165 e. The molecule has 20 heavy (non-hydrogen) atoms. The Labute approximate surface area is 118 Å². The topological polar surface area (TPSA) is 26.3 Å². The number of fused-ring (bicyclic) bond motifs is 2. The Kier molecular flexibility index (Phi) is 2.59. The van der Waals surface area contributed by atoms with Gasteiger partial charge in [-0.3, -0.25) is 4.79 Å². The maximum absolute atomic E-state index is 12.6. The third-order valence-electron chi connectivity index (χ3n) is 4.95. The fourth-order valence-corrected chi connectivity index (χ4v) is 3.67. The van der Waals surface area contributed by atoms with Crippen molar-refractivity contribution in [1.82, 2.24) is 0 Å². The summed E-state index contributed by atoms with van der Waals surface area (Å²) in [5, 5.41) is 2.23. The zero-order valence-corrected chi connectivity index (χ0v) is 11.6. The van der Waals surface area contributed by atoms with Crippen molar-refractivity contribution in [2.75, 3.05) is 7.11 Å². The second-order valence-electron chi connectivity index (χ2n) is 6.22. The lowest BCUT2D eigenvalue weighted by Crippen LogP contribution is -2.12. The number of hydrogen-bond donors (Lipinski definition) is 0. The van der Waals surface area contributed by atoms with Gasteiger partial charge in [0.2, 0.25) is 0 Å². The number of carbonyl (C=O) groups is 1. The molecule has 2 heteroatoms. The van der Waals surface area contributed by atoms with Crippen LogP contribution < -0.4 is 4.74 Å². The molecule has 2 aromatic rings. The van der Waals surface area contributed by atoms with E-state index in [-0.39, 0.29) is 5.92 Å². The Morgan fingerprint density at radius 1 is 1.00 bits per heavy atom. The first-order valence-electron chi connectivity index (χ1n) is 7.36. The maximum Gasteiger partial charge on any atom is 0.165 e. The molecule has 0 spiro atoms. The van der Waals surface area contributed by atoms with Gasteiger partial charge in [-0.15, -0.1) is 0 Å². The highest BCUT2D eigenvalue weighted by Crippen LogP contribution is 2.54. The molecule has 0 aromatic heterocycles. The van der Waals surface area contributed by atoms with E-state index in [1.807, 2.05) is 36.4 Å². The van der Waals surface area contributed by atoms with Crippen LogP contribution in [0, 0.1) is 17.8 Å². The standard InChI is InChI=1S/C18H18O2/c1-20-17-5-4-11-6-13(3-2-12(11)10-17)18(19)16-8-14-7-15(14)9-16/h2-6,10,14-16H,7-9H2,1H3. The van der Waals surface area contributed by atoms with Crippen LogP contribution in [0.1, 0.15) is 29.6 Å². The lowest BCUT2D eigenvalue weighted by atomic mass is 9.92. The summed E-state index contributed by atoms with van der Waals surface area (Å²) in [4.78, 5) is 12.6. The average molecular weight is 266 g/mol. The van der Waals surface area contributed by atoms with Crippen molar-refractivity contribution < 1.29 is 9.53 Å². The Morgan fingerprint density at radius 2 is 1.70 bits per heavy atom. The predicted octanol–water partition coefficient (Wildman–Crippen LogP) is 4.08. The van der Waals surface area contributed by atoms with Gasteiger partial charge in [0.1, 0.15) is 5.75 Å². The van der Waals surface area contributed by atoms with Crippen molar-refractivity contribution in [3.8, 4) is 5.75 Å². The molecule has 2 aliphatic carbocycles. The quantitative estimate of drug-likeness (QED) is 0.782. The van der Waals surface area contributed by atoms with E-state index in [2.05, 4.69) is 0 Å². The third-order valence-corrected chi connectivity index (χ3v) is 4.95. The number of benzene rings is 2. The molecule has 2 aromatic carbocycles.